The van der Waals surface area contributed by atoms with Crippen LogP contribution in [0.2, 0.25) is 0 Å². The minimum Gasteiger partial charge on any atom is -0.386 e. The van der Waals surface area contributed by atoms with Crippen LogP contribution in [0.1, 0.15) is 29.7 Å². The lowest BCUT2D eigenvalue weighted by atomic mass is 10.1. The van der Waals surface area contributed by atoms with Gasteiger partial charge in [-0.1, -0.05) is 42.0 Å². The maximum atomic E-state index is 13.2. The van der Waals surface area contributed by atoms with Crippen molar-refractivity contribution in [3.8, 4) is 0 Å². The van der Waals surface area contributed by atoms with Gasteiger partial charge in [0.1, 0.15) is 5.82 Å². The van der Waals surface area contributed by atoms with Gasteiger partial charge in [0.15, 0.2) is 5.96 Å². The SMILES string of the molecule is CCNC(=NCC(O)c1ccc(C)cc1)NCCc1cccc(F)c1. The molecule has 0 heterocycles. The number of nitrogens with one attached hydrogen (secondary N) is 2. The molecule has 2 aromatic carbocycles. The molecule has 0 amide bonds. The first-order chi connectivity index (χ1) is 12.1. The largest absolute Gasteiger partial charge is 0.386 e. The number of aryl methyl sites for hydroxylation is 1. The van der Waals surface area contributed by atoms with Crippen molar-refractivity contribution in [1.82, 2.24) is 10.6 Å². The van der Waals surface area contributed by atoms with Gasteiger partial charge in [0.25, 0.3) is 0 Å². The van der Waals surface area contributed by atoms with Crippen LogP contribution < -0.4 is 10.6 Å². The minimum atomic E-state index is -0.640. The zero-order valence-corrected chi connectivity index (χ0v) is 14.8. The first-order valence-electron chi connectivity index (χ1n) is 8.59. The Morgan fingerprint density at radius 3 is 2.60 bits per heavy atom. The van der Waals surface area contributed by atoms with E-state index in [-0.39, 0.29) is 12.4 Å². The number of aliphatic imine (C=N–C) groups is 1. The molecule has 0 bridgehead atoms. The summed E-state index contributed by atoms with van der Waals surface area (Å²) in [6.45, 7) is 5.64. The first kappa shape index (κ1) is 18.9. The van der Waals surface area contributed by atoms with Crippen LogP contribution in [0.15, 0.2) is 53.5 Å². The topological polar surface area (TPSA) is 56.7 Å². The van der Waals surface area contributed by atoms with E-state index in [1.54, 1.807) is 6.07 Å². The highest BCUT2D eigenvalue weighted by molar-refractivity contribution is 5.79. The van der Waals surface area contributed by atoms with Gasteiger partial charge in [-0.2, -0.15) is 0 Å². The lowest BCUT2D eigenvalue weighted by molar-refractivity contribution is 0.187. The van der Waals surface area contributed by atoms with Crippen LogP contribution in [0.25, 0.3) is 0 Å². The van der Waals surface area contributed by atoms with Crippen LogP contribution >= 0.6 is 0 Å². The minimum absolute atomic E-state index is 0.223. The fraction of sp³-hybridized carbons (Fsp3) is 0.350. The number of rotatable bonds is 7. The Bertz CT molecular complexity index is 686. The molecule has 1 atom stereocenters. The average molecular weight is 343 g/mol. The number of aliphatic hydroxyl groups is 1. The fourth-order valence-electron chi connectivity index (χ4n) is 2.43. The second kappa shape index (κ2) is 9.79. The Balaban J connectivity index is 1.87. The highest BCUT2D eigenvalue weighted by Gasteiger charge is 2.07. The van der Waals surface area contributed by atoms with E-state index in [4.69, 9.17) is 0 Å². The summed E-state index contributed by atoms with van der Waals surface area (Å²) in [4.78, 5) is 4.43. The van der Waals surface area contributed by atoms with E-state index in [1.165, 1.54) is 12.1 Å². The van der Waals surface area contributed by atoms with E-state index in [0.717, 1.165) is 23.2 Å². The second-order valence-corrected chi connectivity index (χ2v) is 5.95. The molecule has 0 spiro atoms. The van der Waals surface area contributed by atoms with E-state index in [9.17, 15) is 9.50 Å². The van der Waals surface area contributed by atoms with Crippen molar-refractivity contribution >= 4 is 5.96 Å². The highest BCUT2D eigenvalue weighted by atomic mass is 19.1. The molecule has 2 aromatic rings. The summed E-state index contributed by atoms with van der Waals surface area (Å²) in [7, 11) is 0. The van der Waals surface area contributed by atoms with E-state index < -0.39 is 6.10 Å². The zero-order valence-electron chi connectivity index (χ0n) is 14.8. The number of nitrogens with zero attached hydrogens (tertiary/aromatic N) is 1. The number of hydrogen-bond acceptors (Lipinski definition) is 2. The lowest BCUT2D eigenvalue weighted by Gasteiger charge is -2.13. The number of hydrogen-bond donors (Lipinski definition) is 3. The molecule has 0 saturated carbocycles. The highest BCUT2D eigenvalue weighted by Crippen LogP contribution is 2.13. The Hall–Kier alpha value is -2.40. The van der Waals surface area contributed by atoms with Gasteiger partial charge in [-0.25, -0.2) is 4.39 Å². The van der Waals surface area contributed by atoms with Gasteiger partial charge >= 0.3 is 0 Å². The summed E-state index contributed by atoms with van der Waals surface area (Å²) in [6, 6.07) is 14.4. The molecule has 5 heteroatoms. The third-order valence-corrected chi connectivity index (χ3v) is 3.82. The number of halogens is 1. The zero-order chi connectivity index (χ0) is 18.1. The van der Waals surface area contributed by atoms with Gasteiger partial charge in [-0.15, -0.1) is 0 Å². The van der Waals surface area contributed by atoms with Gasteiger partial charge in [0.2, 0.25) is 0 Å². The molecule has 1 unspecified atom stereocenters. The van der Waals surface area contributed by atoms with Crippen molar-refractivity contribution in [2.45, 2.75) is 26.4 Å². The van der Waals surface area contributed by atoms with E-state index in [1.807, 2.05) is 44.2 Å². The number of aliphatic hydroxyl groups excluding tert-OH is 1. The fourth-order valence-corrected chi connectivity index (χ4v) is 2.43. The molecular weight excluding hydrogens is 317 g/mol. The van der Waals surface area contributed by atoms with Crippen LogP contribution in [0, 0.1) is 12.7 Å². The Kier molecular flexibility index (Phi) is 7.41. The molecule has 3 N–H and O–H groups in total. The molecule has 0 saturated heterocycles. The van der Waals surface area contributed by atoms with E-state index >= 15 is 0 Å². The van der Waals surface area contributed by atoms with E-state index in [2.05, 4.69) is 15.6 Å². The van der Waals surface area contributed by atoms with Gasteiger partial charge < -0.3 is 15.7 Å². The van der Waals surface area contributed by atoms with Gasteiger partial charge in [0.05, 0.1) is 12.6 Å². The molecule has 0 fully saturated rings. The Labute approximate surface area is 148 Å². The molecule has 0 aliphatic carbocycles. The molecule has 4 nitrogen and oxygen atoms in total. The van der Waals surface area contributed by atoms with Crippen molar-refractivity contribution in [3.63, 3.8) is 0 Å². The molecule has 2 rings (SSSR count). The van der Waals surface area contributed by atoms with Crippen molar-refractivity contribution < 1.29 is 9.50 Å². The molecule has 0 aliphatic heterocycles. The normalized spacial score (nSPS) is 12.7. The number of benzene rings is 2. The Morgan fingerprint density at radius 1 is 1.16 bits per heavy atom. The summed E-state index contributed by atoms with van der Waals surface area (Å²) in [5.41, 5.74) is 2.94. The summed E-state index contributed by atoms with van der Waals surface area (Å²) >= 11 is 0. The summed E-state index contributed by atoms with van der Waals surface area (Å²) < 4.78 is 13.2. The van der Waals surface area contributed by atoms with E-state index in [0.29, 0.717) is 18.9 Å². The third kappa shape index (κ3) is 6.55. The van der Waals surface area contributed by atoms with Crippen LogP contribution in [0.4, 0.5) is 4.39 Å². The molecular formula is C20H26FN3O. The van der Waals surface area contributed by atoms with Crippen molar-refractivity contribution in [2.24, 2.45) is 4.99 Å². The Morgan fingerprint density at radius 2 is 1.92 bits per heavy atom. The maximum Gasteiger partial charge on any atom is 0.191 e. The second-order valence-electron chi connectivity index (χ2n) is 5.95. The molecule has 0 aliphatic rings. The molecule has 0 aromatic heterocycles. The predicted molar refractivity (Wildman–Crippen MR) is 100 cm³/mol. The quantitative estimate of drug-likeness (QED) is 0.535. The summed E-state index contributed by atoms with van der Waals surface area (Å²) in [6.07, 6.45) is 0.0576. The maximum absolute atomic E-state index is 13.2. The smallest absolute Gasteiger partial charge is 0.191 e. The van der Waals surface area contributed by atoms with Crippen molar-refractivity contribution in [3.05, 3.63) is 71.0 Å². The third-order valence-electron chi connectivity index (χ3n) is 3.82. The van der Waals surface area contributed by atoms with Gasteiger partial charge in [-0.3, -0.25) is 4.99 Å². The van der Waals surface area contributed by atoms with Crippen molar-refractivity contribution in [2.75, 3.05) is 19.6 Å². The van der Waals surface area contributed by atoms with Crippen LogP contribution in [0.3, 0.4) is 0 Å². The first-order valence-corrected chi connectivity index (χ1v) is 8.59. The number of guanidine groups is 1. The summed E-state index contributed by atoms with van der Waals surface area (Å²) in [5, 5.41) is 16.6. The monoisotopic (exact) mass is 343 g/mol. The van der Waals surface area contributed by atoms with Gasteiger partial charge in [-0.05, 0) is 43.5 Å². The predicted octanol–water partition coefficient (Wildman–Crippen LogP) is 2.97. The standard InChI is InChI=1S/C20H26FN3O/c1-3-22-20(23-12-11-16-5-4-6-18(21)13-16)24-14-19(25)17-9-7-15(2)8-10-17/h4-10,13,19,25H,3,11-12,14H2,1-2H3,(H2,22,23,24). The molecule has 25 heavy (non-hydrogen) atoms. The molecule has 0 radical (unpaired) electrons. The van der Waals surface area contributed by atoms with Crippen molar-refractivity contribution in [1.29, 1.82) is 0 Å². The molecule has 134 valence electrons. The van der Waals surface area contributed by atoms with Crippen LogP contribution in [-0.4, -0.2) is 30.7 Å². The van der Waals surface area contributed by atoms with Gasteiger partial charge in [0, 0.05) is 13.1 Å². The average Bonchev–Trinajstić information content (AvgIpc) is 2.60. The van der Waals surface area contributed by atoms with Crippen LogP contribution in [-0.2, 0) is 6.42 Å². The summed E-state index contributed by atoms with van der Waals surface area (Å²) in [5.74, 6) is 0.421. The van der Waals surface area contributed by atoms with Crippen LogP contribution in [0.5, 0.6) is 0 Å². The lowest BCUT2D eigenvalue weighted by Crippen LogP contribution is -2.38.